The Labute approximate surface area is 104 Å². The summed E-state index contributed by atoms with van der Waals surface area (Å²) in [7, 11) is 0. The molecule has 0 unspecified atom stereocenters. The number of aromatic nitrogens is 2. The molecule has 0 fully saturated rings. The predicted octanol–water partition coefficient (Wildman–Crippen LogP) is 1.40. The Morgan fingerprint density at radius 2 is 2.44 bits per heavy atom. The van der Waals surface area contributed by atoms with Gasteiger partial charge in [0.1, 0.15) is 0 Å². The molecule has 16 heavy (non-hydrogen) atoms. The highest BCUT2D eigenvalue weighted by molar-refractivity contribution is 9.10. The number of rotatable bonds is 3. The molecule has 0 aliphatic heterocycles. The Balaban J connectivity index is 2.27. The number of nitrogens with one attached hydrogen (secondary N) is 1. The van der Waals surface area contributed by atoms with E-state index in [4.69, 9.17) is 5.84 Å². The van der Waals surface area contributed by atoms with Crippen molar-refractivity contribution in [3.63, 3.8) is 0 Å². The standard InChI is InChI=1S/C9H9BrN4OS/c10-7-2-1-3-14(8(7)15)5-6-4-12-9(13-11)16-6/h1-4H,5,11H2,(H,12,13). The molecule has 7 heteroatoms. The van der Waals surface area contributed by atoms with Crippen molar-refractivity contribution < 1.29 is 0 Å². The Hall–Kier alpha value is -1.18. The minimum Gasteiger partial charge on any atom is -0.309 e. The highest BCUT2D eigenvalue weighted by Gasteiger charge is 2.04. The summed E-state index contributed by atoms with van der Waals surface area (Å²) in [6.07, 6.45) is 3.44. The first kappa shape index (κ1) is 11.3. The highest BCUT2D eigenvalue weighted by atomic mass is 79.9. The maximum absolute atomic E-state index is 11.7. The number of halogens is 1. The first-order valence-electron chi connectivity index (χ1n) is 4.47. The van der Waals surface area contributed by atoms with Crippen molar-refractivity contribution in [1.29, 1.82) is 0 Å². The molecule has 0 aliphatic rings. The number of pyridine rings is 1. The first-order chi connectivity index (χ1) is 7.70. The van der Waals surface area contributed by atoms with Crippen LogP contribution in [0.2, 0.25) is 0 Å². The summed E-state index contributed by atoms with van der Waals surface area (Å²) in [5.41, 5.74) is 2.41. The van der Waals surface area contributed by atoms with Crippen molar-refractivity contribution in [2.45, 2.75) is 6.54 Å². The fourth-order valence-electron chi connectivity index (χ4n) is 1.25. The van der Waals surface area contributed by atoms with Gasteiger partial charge in [0, 0.05) is 17.3 Å². The SMILES string of the molecule is NNc1ncc(Cn2cccc(Br)c2=O)s1. The fraction of sp³-hybridized carbons (Fsp3) is 0.111. The molecule has 0 saturated carbocycles. The maximum atomic E-state index is 11.7. The molecule has 0 aliphatic carbocycles. The lowest BCUT2D eigenvalue weighted by Crippen LogP contribution is -2.19. The van der Waals surface area contributed by atoms with Crippen LogP contribution in [0.5, 0.6) is 0 Å². The second-order valence-corrected chi connectivity index (χ2v) is 5.03. The van der Waals surface area contributed by atoms with Gasteiger partial charge in [0.2, 0.25) is 0 Å². The molecule has 2 heterocycles. The number of thiazole rings is 1. The van der Waals surface area contributed by atoms with Crippen LogP contribution in [0.15, 0.2) is 33.8 Å². The van der Waals surface area contributed by atoms with Gasteiger partial charge in [-0.05, 0) is 28.1 Å². The molecule has 0 spiro atoms. The van der Waals surface area contributed by atoms with E-state index in [1.54, 1.807) is 23.0 Å². The highest BCUT2D eigenvalue weighted by Crippen LogP contribution is 2.17. The number of hydrogen-bond donors (Lipinski definition) is 2. The molecule has 0 radical (unpaired) electrons. The Kier molecular flexibility index (Phi) is 3.37. The van der Waals surface area contributed by atoms with Gasteiger partial charge < -0.3 is 4.57 Å². The van der Waals surface area contributed by atoms with Crippen LogP contribution in [0.1, 0.15) is 4.88 Å². The summed E-state index contributed by atoms with van der Waals surface area (Å²) < 4.78 is 2.16. The van der Waals surface area contributed by atoms with E-state index in [0.717, 1.165) is 4.88 Å². The van der Waals surface area contributed by atoms with E-state index in [1.807, 2.05) is 6.07 Å². The van der Waals surface area contributed by atoms with Gasteiger partial charge in [0.25, 0.3) is 5.56 Å². The number of nitrogens with two attached hydrogens (primary N) is 1. The van der Waals surface area contributed by atoms with Crippen LogP contribution in [-0.4, -0.2) is 9.55 Å². The van der Waals surface area contributed by atoms with Gasteiger partial charge in [0.05, 0.1) is 11.0 Å². The van der Waals surface area contributed by atoms with Crippen LogP contribution >= 0.6 is 27.3 Å². The first-order valence-corrected chi connectivity index (χ1v) is 6.08. The summed E-state index contributed by atoms with van der Waals surface area (Å²) in [5, 5.41) is 0.637. The Morgan fingerprint density at radius 3 is 3.12 bits per heavy atom. The molecular formula is C9H9BrN4OS. The average molecular weight is 301 g/mol. The van der Waals surface area contributed by atoms with Gasteiger partial charge in [-0.2, -0.15) is 0 Å². The number of hydrazine groups is 1. The third-order valence-electron chi connectivity index (χ3n) is 1.98. The third-order valence-corrected chi connectivity index (χ3v) is 3.49. The van der Waals surface area contributed by atoms with E-state index in [9.17, 15) is 4.79 Å². The van der Waals surface area contributed by atoms with Crippen LogP contribution in [0.3, 0.4) is 0 Å². The summed E-state index contributed by atoms with van der Waals surface area (Å²) in [6, 6.07) is 3.53. The monoisotopic (exact) mass is 300 g/mol. The zero-order chi connectivity index (χ0) is 11.5. The quantitative estimate of drug-likeness (QED) is 0.664. The minimum absolute atomic E-state index is 0.0573. The van der Waals surface area contributed by atoms with Gasteiger partial charge in [0.15, 0.2) is 5.13 Å². The zero-order valence-electron chi connectivity index (χ0n) is 8.18. The number of nitrogens with zero attached hydrogens (tertiary/aromatic N) is 2. The molecule has 2 rings (SSSR count). The second-order valence-electron chi connectivity index (χ2n) is 3.07. The predicted molar refractivity (Wildman–Crippen MR) is 67.4 cm³/mol. The van der Waals surface area contributed by atoms with Crippen LogP contribution in [-0.2, 0) is 6.54 Å². The van der Waals surface area contributed by atoms with Gasteiger partial charge in [-0.3, -0.25) is 10.2 Å². The molecule has 0 atom stereocenters. The fourth-order valence-corrected chi connectivity index (χ4v) is 2.35. The molecule has 3 N–H and O–H groups in total. The molecule has 0 amide bonds. The zero-order valence-corrected chi connectivity index (χ0v) is 10.6. The minimum atomic E-state index is -0.0573. The summed E-state index contributed by atoms with van der Waals surface area (Å²) >= 11 is 4.62. The van der Waals surface area contributed by atoms with Crippen molar-refractivity contribution in [1.82, 2.24) is 9.55 Å². The van der Waals surface area contributed by atoms with Crippen molar-refractivity contribution in [3.8, 4) is 0 Å². The smallest absolute Gasteiger partial charge is 0.265 e. The number of hydrogen-bond acceptors (Lipinski definition) is 5. The van der Waals surface area contributed by atoms with Gasteiger partial charge in [-0.25, -0.2) is 10.8 Å². The second kappa shape index (κ2) is 4.77. The van der Waals surface area contributed by atoms with Crippen LogP contribution in [0.25, 0.3) is 0 Å². The molecule has 0 aromatic carbocycles. The molecular weight excluding hydrogens is 292 g/mol. The van der Waals surface area contributed by atoms with E-state index < -0.39 is 0 Å². The Bertz CT molecular complexity index is 550. The van der Waals surface area contributed by atoms with Crippen LogP contribution in [0.4, 0.5) is 5.13 Å². The van der Waals surface area contributed by atoms with E-state index in [2.05, 4.69) is 26.3 Å². The van der Waals surface area contributed by atoms with Gasteiger partial charge in [-0.15, -0.1) is 0 Å². The summed E-state index contributed by atoms with van der Waals surface area (Å²) in [5.74, 6) is 5.23. The third kappa shape index (κ3) is 2.31. The lowest BCUT2D eigenvalue weighted by molar-refractivity contribution is 0.764. The largest absolute Gasteiger partial charge is 0.309 e. The summed E-state index contributed by atoms with van der Waals surface area (Å²) in [6.45, 7) is 0.498. The molecule has 5 nitrogen and oxygen atoms in total. The normalized spacial score (nSPS) is 10.4. The molecule has 2 aromatic rings. The van der Waals surface area contributed by atoms with E-state index in [1.165, 1.54) is 11.3 Å². The number of nitrogen functional groups attached to an aromatic ring is 1. The van der Waals surface area contributed by atoms with Crippen molar-refractivity contribution >= 4 is 32.4 Å². The molecule has 0 bridgehead atoms. The van der Waals surface area contributed by atoms with Crippen LogP contribution < -0.4 is 16.8 Å². The molecule has 2 aromatic heterocycles. The molecule has 84 valence electrons. The lowest BCUT2D eigenvalue weighted by Gasteiger charge is -2.02. The van der Waals surface area contributed by atoms with Gasteiger partial charge in [-0.1, -0.05) is 11.3 Å². The average Bonchev–Trinajstić information content (AvgIpc) is 2.73. The summed E-state index contributed by atoms with van der Waals surface area (Å²) in [4.78, 5) is 16.7. The van der Waals surface area contributed by atoms with Crippen LogP contribution in [0, 0.1) is 0 Å². The van der Waals surface area contributed by atoms with Crippen molar-refractivity contribution in [3.05, 3.63) is 44.2 Å². The van der Waals surface area contributed by atoms with E-state index >= 15 is 0 Å². The van der Waals surface area contributed by atoms with Gasteiger partial charge >= 0.3 is 0 Å². The lowest BCUT2D eigenvalue weighted by atomic mass is 10.4. The maximum Gasteiger partial charge on any atom is 0.265 e. The van der Waals surface area contributed by atoms with Crippen molar-refractivity contribution in [2.75, 3.05) is 5.43 Å². The van der Waals surface area contributed by atoms with E-state index in [0.29, 0.717) is 16.1 Å². The van der Waals surface area contributed by atoms with E-state index in [-0.39, 0.29) is 5.56 Å². The number of anilines is 1. The topological polar surface area (TPSA) is 72.9 Å². The molecule has 0 saturated heterocycles. The Morgan fingerprint density at radius 1 is 1.62 bits per heavy atom. The van der Waals surface area contributed by atoms with Crippen molar-refractivity contribution in [2.24, 2.45) is 5.84 Å².